The van der Waals surface area contributed by atoms with Gasteiger partial charge in [0.25, 0.3) is 0 Å². The molecule has 10 rings (SSSR count). The van der Waals surface area contributed by atoms with Gasteiger partial charge in [0, 0.05) is 0 Å². The molecule has 3 heterocycles. The zero-order valence-corrected chi connectivity index (χ0v) is 26.2. The van der Waals surface area contributed by atoms with Crippen LogP contribution < -0.4 is 0 Å². The van der Waals surface area contributed by atoms with Crippen molar-refractivity contribution < 1.29 is 4.42 Å². The first-order chi connectivity index (χ1) is 22.8. The number of nitrogens with zero attached hydrogens (tertiary/aromatic N) is 3. The predicted octanol–water partition coefficient (Wildman–Crippen LogP) is 10.4. The van der Waals surface area contributed by atoms with E-state index in [9.17, 15) is 0 Å². The molecule has 4 nitrogen and oxygen atoms in total. The Labute approximate surface area is 269 Å². The second kappa shape index (κ2) is 9.95. The second-order valence-electron chi connectivity index (χ2n) is 11.6. The molecular weight excluding hydrogens is 629 g/mol. The number of fused-ring (bicyclic) bond motifs is 10. The first-order valence-electron chi connectivity index (χ1n) is 15.3. The van der Waals surface area contributed by atoms with E-state index < -0.39 is 0 Å². The first kappa shape index (κ1) is 25.7. The molecule has 0 saturated heterocycles. The number of hydrogen-bond donors (Lipinski definition) is 0. The fourth-order valence-electron chi connectivity index (χ4n) is 6.76. The maximum atomic E-state index is 6.13. The van der Waals surface area contributed by atoms with Crippen molar-refractivity contribution in [2.75, 3.05) is 0 Å². The van der Waals surface area contributed by atoms with E-state index >= 15 is 0 Å². The average molecular weight is 653 g/mol. The van der Waals surface area contributed by atoms with Gasteiger partial charge >= 0.3 is 252 Å². The predicted molar refractivity (Wildman–Crippen MR) is 190 cm³/mol. The SMILES string of the molecule is c1ccc(-c2nc(-c3ccc4oc5ccccc5c4c3)nc(-c3cc4ccccc4c4c3ccc3c5ccccc5[se]c34)n2)cc1. The van der Waals surface area contributed by atoms with Crippen LogP contribution in [0.1, 0.15) is 0 Å². The number of hydrogen-bond acceptors (Lipinski definition) is 4. The molecule has 0 amide bonds. The minimum atomic E-state index is 0.203. The first-order valence-corrected chi connectivity index (χ1v) is 17.0. The summed E-state index contributed by atoms with van der Waals surface area (Å²) in [7, 11) is 0. The fourth-order valence-corrected chi connectivity index (χ4v) is 9.41. The van der Waals surface area contributed by atoms with Crippen LogP contribution in [0.15, 0.2) is 144 Å². The molecule has 214 valence electrons. The topological polar surface area (TPSA) is 51.8 Å². The van der Waals surface area contributed by atoms with Crippen molar-refractivity contribution in [3.63, 3.8) is 0 Å². The average Bonchev–Trinajstić information content (AvgIpc) is 3.69. The summed E-state index contributed by atoms with van der Waals surface area (Å²) in [6.45, 7) is 0. The van der Waals surface area contributed by atoms with Gasteiger partial charge in [-0.15, -0.1) is 0 Å². The summed E-state index contributed by atoms with van der Waals surface area (Å²) in [5.41, 5.74) is 4.60. The monoisotopic (exact) mass is 653 g/mol. The molecule has 0 aliphatic carbocycles. The molecular formula is C41H23N3OSe. The summed E-state index contributed by atoms with van der Waals surface area (Å²) in [6, 6.07) is 48.9. The molecule has 0 atom stereocenters. The van der Waals surface area contributed by atoms with Crippen LogP contribution in [0.5, 0.6) is 0 Å². The van der Waals surface area contributed by atoms with Crippen LogP contribution in [0.2, 0.25) is 0 Å². The van der Waals surface area contributed by atoms with Gasteiger partial charge in [0.1, 0.15) is 0 Å². The van der Waals surface area contributed by atoms with Gasteiger partial charge < -0.3 is 0 Å². The Kier molecular flexibility index (Phi) is 5.56. The molecule has 46 heavy (non-hydrogen) atoms. The molecule has 5 heteroatoms. The number of rotatable bonds is 3. The van der Waals surface area contributed by atoms with Crippen LogP contribution in [0, 0.1) is 0 Å². The normalized spacial score (nSPS) is 11.9. The van der Waals surface area contributed by atoms with Gasteiger partial charge in [-0.3, -0.25) is 0 Å². The molecule has 0 bridgehead atoms. The Morgan fingerprint density at radius 3 is 2.00 bits per heavy atom. The van der Waals surface area contributed by atoms with Gasteiger partial charge in [-0.2, -0.15) is 0 Å². The Hall–Kier alpha value is -5.61. The minimum absolute atomic E-state index is 0.203. The van der Waals surface area contributed by atoms with E-state index in [0.29, 0.717) is 17.5 Å². The third-order valence-corrected chi connectivity index (χ3v) is 11.4. The van der Waals surface area contributed by atoms with E-state index in [1.54, 1.807) is 0 Å². The van der Waals surface area contributed by atoms with Crippen LogP contribution in [0.25, 0.3) is 96.9 Å². The molecule has 10 aromatic rings. The zero-order chi connectivity index (χ0) is 30.2. The quantitative estimate of drug-likeness (QED) is 0.141. The van der Waals surface area contributed by atoms with Crippen molar-refractivity contribution in [1.29, 1.82) is 0 Å². The van der Waals surface area contributed by atoms with Crippen molar-refractivity contribution in [2.24, 2.45) is 0 Å². The summed E-state index contributed by atoms with van der Waals surface area (Å²) in [4.78, 5) is 15.4. The molecule has 0 aliphatic rings. The third-order valence-electron chi connectivity index (χ3n) is 8.91. The van der Waals surface area contributed by atoms with Crippen LogP contribution >= 0.6 is 0 Å². The summed E-state index contributed by atoms with van der Waals surface area (Å²) < 4.78 is 8.99. The number of aromatic nitrogens is 3. The van der Waals surface area contributed by atoms with Gasteiger partial charge in [-0.25, -0.2) is 0 Å². The van der Waals surface area contributed by atoms with E-state index in [1.165, 1.54) is 40.8 Å². The van der Waals surface area contributed by atoms with E-state index in [-0.39, 0.29) is 14.5 Å². The van der Waals surface area contributed by atoms with Crippen LogP contribution in [0.4, 0.5) is 0 Å². The standard InChI is InChI=1S/C41H23N3OSe/c1-2-10-24(11-3-1)39-42-40(26-18-21-35-32(23-26)28-14-6-8-16-34(28)45-35)44-41(43-39)33-22-25-12-4-5-13-27(25)37-30(33)19-20-31-29-15-7-9-17-36(29)46-38(31)37/h1-23H. The van der Waals surface area contributed by atoms with Crippen LogP contribution in [0.3, 0.4) is 0 Å². The van der Waals surface area contributed by atoms with Gasteiger partial charge in [0.05, 0.1) is 0 Å². The Morgan fingerprint density at radius 2 is 1.11 bits per heavy atom. The molecule has 0 unspecified atom stereocenters. The molecule has 0 aliphatic heterocycles. The number of furan rings is 1. The summed E-state index contributed by atoms with van der Waals surface area (Å²) in [5.74, 6) is 1.95. The molecule has 0 spiro atoms. The van der Waals surface area contributed by atoms with Gasteiger partial charge in [-0.05, 0) is 6.07 Å². The van der Waals surface area contributed by atoms with Crippen LogP contribution in [-0.4, -0.2) is 29.5 Å². The second-order valence-corrected chi connectivity index (χ2v) is 13.8. The van der Waals surface area contributed by atoms with Crippen molar-refractivity contribution in [3.05, 3.63) is 140 Å². The maximum absolute atomic E-state index is 6.13. The van der Waals surface area contributed by atoms with E-state index in [0.717, 1.165) is 38.6 Å². The van der Waals surface area contributed by atoms with E-state index in [4.69, 9.17) is 19.4 Å². The molecule has 7 aromatic carbocycles. The molecule has 0 fully saturated rings. The van der Waals surface area contributed by atoms with Gasteiger partial charge in [0.15, 0.2) is 0 Å². The molecule has 3 aromatic heterocycles. The zero-order valence-electron chi connectivity index (χ0n) is 24.4. The fraction of sp³-hybridized carbons (Fsp3) is 0. The van der Waals surface area contributed by atoms with Gasteiger partial charge in [0.2, 0.25) is 0 Å². The van der Waals surface area contributed by atoms with Crippen molar-refractivity contribution in [1.82, 2.24) is 15.0 Å². The van der Waals surface area contributed by atoms with E-state index in [2.05, 4.69) is 91.0 Å². The molecule has 0 saturated carbocycles. The summed E-state index contributed by atoms with van der Waals surface area (Å²) in [6.07, 6.45) is 0. The number of para-hydroxylation sites is 1. The Bertz CT molecular complexity index is 2820. The van der Waals surface area contributed by atoms with Crippen molar-refractivity contribution >= 4 is 77.3 Å². The third kappa shape index (κ3) is 3.89. The summed E-state index contributed by atoms with van der Waals surface area (Å²) in [5, 5.41) is 9.73. The van der Waals surface area contributed by atoms with Crippen molar-refractivity contribution in [3.8, 4) is 34.2 Å². The molecule has 0 radical (unpaired) electrons. The van der Waals surface area contributed by atoms with Crippen molar-refractivity contribution in [2.45, 2.75) is 0 Å². The Balaban J connectivity index is 1.28. The summed E-state index contributed by atoms with van der Waals surface area (Å²) >= 11 is 0.203. The van der Waals surface area contributed by atoms with Crippen LogP contribution in [-0.2, 0) is 0 Å². The Morgan fingerprint density at radius 1 is 0.435 bits per heavy atom. The van der Waals surface area contributed by atoms with E-state index in [1.807, 2.05) is 48.5 Å². The molecule has 0 N–H and O–H groups in total. The van der Waals surface area contributed by atoms with Gasteiger partial charge in [-0.1, -0.05) is 12.1 Å². The number of benzene rings is 7.